The Labute approximate surface area is 122 Å². The van der Waals surface area contributed by atoms with Crippen molar-refractivity contribution in [1.82, 2.24) is 10.2 Å². The zero-order valence-corrected chi connectivity index (χ0v) is 12.8. The van der Waals surface area contributed by atoms with Gasteiger partial charge in [0.1, 0.15) is 0 Å². The lowest BCUT2D eigenvalue weighted by Crippen LogP contribution is -2.21. The summed E-state index contributed by atoms with van der Waals surface area (Å²) in [4.78, 5) is 0. The first-order valence-electron chi connectivity index (χ1n) is 7.45. The molecular formula is C17H26N2O. The van der Waals surface area contributed by atoms with Gasteiger partial charge in [0.05, 0.1) is 18.9 Å². The van der Waals surface area contributed by atoms with E-state index in [4.69, 9.17) is 4.74 Å². The van der Waals surface area contributed by atoms with E-state index in [0.29, 0.717) is 6.10 Å². The summed E-state index contributed by atoms with van der Waals surface area (Å²) in [5, 5.41) is 6.38. The van der Waals surface area contributed by atoms with E-state index in [2.05, 4.69) is 34.5 Å². The highest BCUT2D eigenvalue weighted by molar-refractivity contribution is 5.13. The summed E-state index contributed by atoms with van der Waals surface area (Å²) >= 11 is 0. The first-order valence-corrected chi connectivity index (χ1v) is 7.45. The molecule has 0 aliphatic heterocycles. The van der Waals surface area contributed by atoms with Gasteiger partial charge in [-0.15, -0.1) is 0 Å². The Kier molecular flexibility index (Phi) is 8.40. The molecule has 1 aromatic carbocycles. The van der Waals surface area contributed by atoms with Crippen LogP contribution in [-0.2, 0) is 11.3 Å². The zero-order chi connectivity index (χ0) is 14.6. The average Bonchev–Trinajstić information content (AvgIpc) is 2.92. The third-order valence-electron chi connectivity index (χ3n) is 3.02. The highest BCUT2D eigenvalue weighted by atomic mass is 16.5. The SMILES string of the molecule is CC.Cc1cn[nH]c1.c1ccc(COC2CCC2)cc1. The van der Waals surface area contributed by atoms with Crippen LogP contribution in [0.5, 0.6) is 0 Å². The van der Waals surface area contributed by atoms with Crippen LogP contribution in [0.4, 0.5) is 0 Å². The molecule has 1 aromatic heterocycles. The lowest BCUT2D eigenvalue weighted by atomic mass is 9.96. The smallest absolute Gasteiger partial charge is 0.0720 e. The van der Waals surface area contributed by atoms with Crippen molar-refractivity contribution in [2.75, 3.05) is 0 Å². The van der Waals surface area contributed by atoms with Crippen LogP contribution in [0.25, 0.3) is 0 Å². The Morgan fingerprint density at radius 1 is 1.20 bits per heavy atom. The minimum atomic E-state index is 0.546. The van der Waals surface area contributed by atoms with Gasteiger partial charge in [-0.2, -0.15) is 5.10 Å². The van der Waals surface area contributed by atoms with Crippen molar-refractivity contribution in [3.05, 3.63) is 53.9 Å². The van der Waals surface area contributed by atoms with Crippen LogP contribution >= 0.6 is 0 Å². The maximum atomic E-state index is 5.66. The fourth-order valence-corrected chi connectivity index (χ4v) is 1.64. The standard InChI is InChI=1S/C11H14O.C4H6N2.C2H6/c1-2-5-10(6-3-1)9-12-11-7-4-8-11;1-4-2-5-6-3-4;1-2/h1-3,5-6,11H,4,7-9H2;2-3H,1H3,(H,5,6);1-2H3. The molecule has 0 amide bonds. The van der Waals surface area contributed by atoms with Crippen LogP contribution in [0.1, 0.15) is 44.2 Å². The van der Waals surface area contributed by atoms with Crippen molar-refractivity contribution < 1.29 is 4.74 Å². The molecule has 0 atom stereocenters. The van der Waals surface area contributed by atoms with Gasteiger partial charge in [-0.05, 0) is 37.3 Å². The predicted molar refractivity (Wildman–Crippen MR) is 83.5 cm³/mol. The molecule has 1 aliphatic carbocycles. The predicted octanol–water partition coefficient (Wildman–Crippen LogP) is 4.50. The van der Waals surface area contributed by atoms with E-state index in [1.807, 2.05) is 33.0 Å². The Bertz CT molecular complexity index is 422. The largest absolute Gasteiger partial charge is 0.374 e. The summed E-state index contributed by atoms with van der Waals surface area (Å²) in [5.74, 6) is 0. The molecule has 0 unspecified atom stereocenters. The van der Waals surface area contributed by atoms with Crippen molar-refractivity contribution in [1.29, 1.82) is 0 Å². The average molecular weight is 274 g/mol. The van der Waals surface area contributed by atoms with Crippen LogP contribution in [0.15, 0.2) is 42.7 Å². The minimum Gasteiger partial charge on any atom is -0.374 e. The molecule has 0 bridgehead atoms. The fraction of sp³-hybridized carbons (Fsp3) is 0.471. The number of aromatic nitrogens is 2. The van der Waals surface area contributed by atoms with Gasteiger partial charge in [0, 0.05) is 6.20 Å². The van der Waals surface area contributed by atoms with Gasteiger partial charge in [-0.1, -0.05) is 44.2 Å². The van der Waals surface area contributed by atoms with E-state index >= 15 is 0 Å². The third kappa shape index (κ3) is 6.53. The van der Waals surface area contributed by atoms with Crippen LogP contribution in [0, 0.1) is 6.92 Å². The van der Waals surface area contributed by atoms with E-state index in [1.165, 1.54) is 30.4 Å². The van der Waals surface area contributed by atoms with Crippen molar-refractivity contribution in [3.63, 3.8) is 0 Å². The fourth-order valence-electron chi connectivity index (χ4n) is 1.64. The molecule has 1 heterocycles. The topological polar surface area (TPSA) is 37.9 Å². The summed E-state index contributed by atoms with van der Waals surface area (Å²) in [5.41, 5.74) is 2.46. The van der Waals surface area contributed by atoms with Gasteiger partial charge in [0.15, 0.2) is 0 Å². The first kappa shape index (κ1) is 16.4. The molecule has 20 heavy (non-hydrogen) atoms. The highest BCUT2D eigenvalue weighted by Gasteiger charge is 2.17. The molecule has 1 N–H and O–H groups in total. The Hall–Kier alpha value is -1.61. The summed E-state index contributed by atoms with van der Waals surface area (Å²) in [6.07, 6.45) is 8.03. The molecule has 2 aromatic rings. The van der Waals surface area contributed by atoms with Crippen LogP contribution in [0.2, 0.25) is 0 Å². The van der Waals surface area contributed by atoms with Gasteiger partial charge < -0.3 is 4.74 Å². The quantitative estimate of drug-likeness (QED) is 0.894. The molecule has 0 spiro atoms. The van der Waals surface area contributed by atoms with Crippen LogP contribution in [-0.4, -0.2) is 16.3 Å². The van der Waals surface area contributed by atoms with E-state index < -0.39 is 0 Å². The summed E-state index contributed by atoms with van der Waals surface area (Å²) in [6, 6.07) is 10.4. The zero-order valence-electron chi connectivity index (χ0n) is 12.8. The lowest BCUT2D eigenvalue weighted by Gasteiger charge is -2.25. The molecule has 0 radical (unpaired) electrons. The number of H-pyrrole nitrogens is 1. The van der Waals surface area contributed by atoms with E-state index in [1.54, 1.807) is 6.20 Å². The molecule has 3 rings (SSSR count). The lowest BCUT2D eigenvalue weighted by molar-refractivity contribution is -0.00866. The van der Waals surface area contributed by atoms with E-state index in [9.17, 15) is 0 Å². The second-order valence-corrected chi connectivity index (χ2v) is 4.63. The van der Waals surface area contributed by atoms with Gasteiger partial charge in [-0.3, -0.25) is 5.10 Å². The maximum Gasteiger partial charge on any atom is 0.0720 e. The van der Waals surface area contributed by atoms with Gasteiger partial charge in [-0.25, -0.2) is 0 Å². The molecule has 3 nitrogen and oxygen atoms in total. The first-order chi connectivity index (χ1) is 9.84. The van der Waals surface area contributed by atoms with Crippen molar-refractivity contribution in [3.8, 4) is 0 Å². The van der Waals surface area contributed by atoms with Crippen LogP contribution in [0.3, 0.4) is 0 Å². The van der Waals surface area contributed by atoms with Gasteiger partial charge in [0.25, 0.3) is 0 Å². The Morgan fingerprint density at radius 2 is 1.90 bits per heavy atom. The number of ether oxygens (including phenoxy) is 1. The molecule has 3 heteroatoms. The molecular weight excluding hydrogens is 248 g/mol. The number of aromatic amines is 1. The minimum absolute atomic E-state index is 0.546. The van der Waals surface area contributed by atoms with Crippen molar-refractivity contribution >= 4 is 0 Å². The van der Waals surface area contributed by atoms with E-state index in [0.717, 1.165) is 6.61 Å². The van der Waals surface area contributed by atoms with E-state index in [-0.39, 0.29) is 0 Å². The summed E-state index contributed by atoms with van der Waals surface area (Å²) in [6.45, 7) is 6.77. The number of nitrogens with zero attached hydrogens (tertiary/aromatic N) is 1. The number of hydrogen-bond donors (Lipinski definition) is 1. The number of nitrogens with one attached hydrogen (secondary N) is 1. The van der Waals surface area contributed by atoms with Crippen LogP contribution < -0.4 is 0 Å². The third-order valence-corrected chi connectivity index (χ3v) is 3.02. The molecule has 110 valence electrons. The molecule has 1 fully saturated rings. The second kappa shape index (κ2) is 10.2. The molecule has 1 saturated carbocycles. The summed E-state index contributed by atoms with van der Waals surface area (Å²) in [7, 11) is 0. The number of rotatable bonds is 3. The number of hydrogen-bond acceptors (Lipinski definition) is 2. The molecule has 1 aliphatic rings. The monoisotopic (exact) mass is 274 g/mol. The second-order valence-electron chi connectivity index (χ2n) is 4.63. The number of benzene rings is 1. The highest BCUT2D eigenvalue weighted by Crippen LogP contribution is 2.22. The number of aryl methyl sites for hydroxylation is 1. The van der Waals surface area contributed by atoms with Crippen molar-refractivity contribution in [2.45, 2.75) is 52.7 Å². The van der Waals surface area contributed by atoms with Crippen molar-refractivity contribution in [2.24, 2.45) is 0 Å². The molecule has 0 saturated heterocycles. The maximum absolute atomic E-state index is 5.66. The Balaban J connectivity index is 0.000000211. The summed E-state index contributed by atoms with van der Waals surface area (Å²) < 4.78 is 5.66. The normalized spacial score (nSPS) is 13.3. The Morgan fingerprint density at radius 3 is 2.30 bits per heavy atom. The van der Waals surface area contributed by atoms with Gasteiger partial charge in [0.2, 0.25) is 0 Å². The van der Waals surface area contributed by atoms with Gasteiger partial charge >= 0.3 is 0 Å².